The van der Waals surface area contributed by atoms with Crippen molar-refractivity contribution in [3.63, 3.8) is 0 Å². The van der Waals surface area contributed by atoms with Gasteiger partial charge in [0.15, 0.2) is 9.84 Å². The van der Waals surface area contributed by atoms with Crippen LogP contribution < -0.4 is 0 Å². The van der Waals surface area contributed by atoms with Crippen LogP contribution in [0, 0.1) is 6.92 Å². The minimum atomic E-state index is -3.08. The van der Waals surface area contributed by atoms with Crippen LogP contribution in [0.25, 0.3) is 0 Å². The zero-order chi connectivity index (χ0) is 16.8. The van der Waals surface area contributed by atoms with Gasteiger partial charge in [-0.3, -0.25) is 14.4 Å². The van der Waals surface area contributed by atoms with Gasteiger partial charge in [-0.05, 0) is 20.4 Å². The minimum absolute atomic E-state index is 0.0654. The fourth-order valence-corrected chi connectivity index (χ4v) is 5.68. The van der Waals surface area contributed by atoms with Crippen molar-refractivity contribution in [2.45, 2.75) is 38.9 Å². The molecule has 3 heterocycles. The number of carbonyl (C=O) groups is 1. The van der Waals surface area contributed by atoms with Gasteiger partial charge in [0.25, 0.3) is 5.91 Å². The van der Waals surface area contributed by atoms with Crippen molar-refractivity contribution in [2.75, 3.05) is 31.6 Å². The van der Waals surface area contributed by atoms with E-state index in [2.05, 4.69) is 16.9 Å². The van der Waals surface area contributed by atoms with Crippen LogP contribution in [0.2, 0.25) is 0 Å². The SMILES string of the molecule is CCCn1ncc(C(=O)N2CCN(C)[C@H]3CS(=O)(=O)C[C@H]32)c1C. The number of aryl methyl sites for hydroxylation is 1. The molecule has 7 nitrogen and oxygen atoms in total. The van der Waals surface area contributed by atoms with Gasteiger partial charge in [0.05, 0.1) is 29.3 Å². The van der Waals surface area contributed by atoms with Crippen LogP contribution in [0.1, 0.15) is 29.4 Å². The van der Waals surface area contributed by atoms with E-state index in [1.807, 2.05) is 18.7 Å². The lowest BCUT2D eigenvalue weighted by atomic mass is 10.0. The topological polar surface area (TPSA) is 75.5 Å². The smallest absolute Gasteiger partial charge is 0.257 e. The molecular formula is C15H24N4O3S. The highest BCUT2D eigenvalue weighted by molar-refractivity contribution is 7.91. The Balaban J connectivity index is 1.87. The summed E-state index contributed by atoms with van der Waals surface area (Å²) < 4.78 is 25.9. The number of rotatable bonds is 3. The Kier molecular flexibility index (Phi) is 4.22. The number of nitrogens with zero attached hydrogens (tertiary/aromatic N) is 4. The highest BCUT2D eigenvalue weighted by atomic mass is 32.2. The third-order valence-electron chi connectivity index (χ3n) is 4.98. The van der Waals surface area contributed by atoms with E-state index in [9.17, 15) is 13.2 Å². The van der Waals surface area contributed by atoms with E-state index in [1.165, 1.54) is 0 Å². The summed E-state index contributed by atoms with van der Waals surface area (Å²) in [5.74, 6) is 0.118. The Morgan fingerprint density at radius 2 is 2.00 bits per heavy atom. The number of piperazine rings is 1. The average molecular weight is 340 g/mol. The highest BCUT2D eigenvalue weighted by Crippen LogP contribution is 2.27. The van der Waals surface area contributed by atoms with E-state index < -0.39 is 9.84 Å². The van der Waals surface area contributed by atoms with Crippen LogP contribution in [-0.4, -0.2) is 77.6 Å². The monoisotopic (exact) mass is 340 g/mol. The molecule has 1 aromatic heterocycles. The maximum absolute atomic E-state index is 13.0. The van der Waals surface area contributed by atoms with E-state index in [0.717, 1.165) is 18.7 Å². The Labute approximate surface area is 137 Å². The lowest BCUT2D eigenvalue weighted by Gasteiger charge is -2.42. The number of carbonyl (C=O) groups excluding carboxylic acids is 1. The first-order valence-corrected chi connectivity index (χ1v) is 9.90. The Morgan fingerprint density at radius 3 is 2.70 bits per heavy atom. The molecule has 0 aromatic carbocycles. The maximum Gasteiger partial charge on any atom is 0.257 e. The van der Waals surface area contributed by atoms with Crippen LogP contribution in [0.3, 0.4) is 0 Å². The molecular weight excluding hydrogens is 316 g/mol. The first-order chi connectivity index (χ1) is 10.8. The molecule has 0 saturated carbocycles. The Morgan fingerprint density at radius 1 is 1.30 bits per heavy atom. The molecule has 2 aliphatic heterocycles. The molecule has 0 aliphatic carbocycles. The normalized spacial score (nSPS) is 27.2. The van der Waals surface area contributed by atoms with Gasteiger partial charge in [0, 0.05) is 31.4 Å². The van der Waals surface area contributed by atoms with E-state index >= 15 is 0 Å². The van der Waals surface area contributed by atoms with Gasteiger partial charge in [0.1, 0.15) is 0 Å². The molecule has 0 bridgehead atoms. The summed E-state index contributed by atoms with van der Waals surface area (Å²) in [7, 11) is -1.14. The lowest BCUT2D eigenvalue weighted by molar-refractivity contribution is 0.0409. The lowest BCUT2D eigenvalue weighted by Crippen LogP contribution is -2.59. The summed E-state index contributed by atoms with van der Waals surface area (Å²) in [6, 6.07) is -0.344. The second-order valence-electron chi connectivity index (χ2n) is 6.56. The third kappa shape index (κ3) is 2.89. The summed E-state index contributed by atoms with van der Waals surface area (Å²) in [5.41, 5.74) is 1.44. The summed E-state index contributed by atoms with van der Waals surface area (Å²) in [6.45, 7) is 6.00. The summed E-state index contributed by atoms with van der Waals surface area (Å²) in [4.78, 5) is 16.8. The first kappa shape index (κ1) is 16.4. The van der Waals surface area contributed by atoms with Gasteiger partial charge in [-0.1, -0.05) is 6.92 Å². The van der Waals surface area contributed by atoms with E-state index in [-0.39, 0.29) is 29.5 Å². The summed E-state index contributed by atoms with van der Waals surface area (Å²) >= 11 is 0. The van der Waals surface area contributed by atoms with Crippen molar-refractivity contribution in [1.29, 1.82) is 0 Å². The van der Waals surface area contributed by atoms with E-state index in [1.54, 1.807) is 11.1 Å². The number of likely N-dealkylation sites (N-methyl/N-ethyl adjacent to an activating group) is 1. The number of amides is 1. The Hall–Kier alpha value is -1.41. The fourth-order valence-electron chi connectivity index (χ4n) is 3.63. The molecule has 8 heteroatoms. The van der Waals surface area contributed by atoms with Crippen LogP contribution in [0.5, 0.6) is 0 Å². The van der Waals surface area contributed by atoms with Crippen molar-refractivity contribution in [3.05, 3.63) is 17.5 Å². The van der Waals surface area contributed by atoms with Gasteiger partial charge in [-0.25, -0.2) is 8.42 Å². The number of hydrogen-bond acceptors (Lipinski definition) is 5. The maximum atomic E-state index is 13.0. The van der Waals surface area contributed by atoms with Crippen LogP contribution in [0.15, 0.2) is 6.20 Å². The molecule has 2 aliphatic rings. The van der Waals surface area contributed by atoms with Crippen LogP contribution in [-0.2, 0) is 16.4 Å². The molecule has 23 heavy (non-hydrogen) atoms. The van der Waals surface area contributed by atoms with Gasteiger partial charge < -0.3 is 4.90 Å². The molecule has 3 rings (SSSR count). The predicted octanol–water partition coefficient (Wildman–Crippen LogP) is 0.155. The van der Waals surface area contributed by atoms with Crippen molar-refractivity contribution in [3.8, 4) is 0 Å². The van der Waals surface area contributed by atoms with E-state index in [0.29, 0.717) is 18.7 Å². The van der Waals surface area contributed by atoms with Gasteiger partial charge in [-0.15, -0.1) is 0 Å². The molecule has 1 aromatic rings. The summed E-state index contributed by atoms with van der Waals surface area (Å²) in [6.07, 6.45) is 2.57. The zero-order valence-electron chi connectivity index (χ0n) is 13.9. The van der Waals surface area contributed by atoms with Crippen molar-refractivity contribution < 1.29 is 13.2 Å². The number of sulfone groups is 1. The van der Waals surface area contributed by atoms with Crippen LogP contribution >= 0.6 is 0 Å². The third-order valence-corrected chi connectivity index (χ3v) is 6.68. The molecule has 0 radical (unpaired) electrons. The molecule has 0 spiro atoms. The summed E-state index contributed by atoms with van der Waals surface area (Å²) in [5, 5.41) is 4.29. The fraction of sp³-hybridized carbons (Fsp3) is 0.733. The van der Waals surface area contributed by atoms with Gasteiger partial charge in [0.2, 0.25) is 0 Å². The molecule has 2 saturated heterocycles. The standard InChI is InChI=1S/C15H24N4O3S/c1-4-5-19-11(2)12(8-16-19)15(20)18-7-6-17(3)13-9-23(21,22)10-14(13)18/h8,13-14H,4-7,9-10H2,1-3H3/t13-,14+/m0/s1. The highest BCUT2D eigenvalue weighted by Gasteiger charge is 2.47. The molecule has 2 atom stereocenters. The average Bonchev–Trinajstić information content (AvgIpc) is 3.00. The van der Waals surface area contributed by atoms with Gasteiger partial charge >= 0.3 is 0 Å². The second-order valence-corrected chi connectivity index (χ2v) is 8.71. The van der Waals surface area contributed by atoms with Crippen LogP contribution in [0.4, 0.5) is 0 Å². The number of hydrogen-bond donors (Lipinski definition) is 0. The minimum Gasteiger partial charge on any atom is -0.332 e. The van der Waals surface area contributed by atoms with Gasteiger partial charge in [-0.2, -0.15) is 5.10 Å². The Bertz CT molecular complexity index is 712. The number of fused-ring (bicyclic) bond motifs is 1. The first-order valence-electron chi connectivity index (χ1n) is 8.08. The molecule has 1 amide bonds. The quantitative estimate of drug-likeness (QED) is 0.783. The largest absolute Gasteiger partial charge is 0.332 e. The molecule has 128 valence electrons. The number of aromatic nitrogens is 2. The zero-order valence-corrected chi connectivity index (χ0v) is 14.7. The van der Waals surface area contributed by atoms with E-state index in [4.69, 9.17) is 0 Å². The van der Waals surface area contributed by atoms with Crippen molar-refractivity contribution in [2.24, 2.45) is 0 Å². The second kappa shape index (κ2) is 5.90. The molecule has 0 unspecified atom stereocenters. The van der Waals surface area contributed by atoms with Crippen molar-refractivity contribution in [1.82, 2.24) is 19.6 Å². The molecule has 2 fully saturated rings. The predicted molar refractivity (Wildman–Crippen MR) is 87.2 cm³/mol. The molecule has 0 N–H and O–H groups in total. The van der Waals surface area contributed by atoms with Crippen molar-refractivity contribution >= 4 is 15.7 Å².